The Labute approximate surface area is 124 Å². The first kappa shape index (κ1) is 19.4. The number of hydrogen-bond acceptors (Lipinski definition) is 3. The summed E-state index contributed by atoms with van der Waals surface area (Å²) in [6.07, 6.45) is 5.33. The van der Waals surface area contributed by atoms with Crippen LogP contribution in [0.3, 0.4) is 0 Å². The van der Waals surface area contributed by atoms with Crippen LogP contribution in [0.25, 0.3) is 0 Å². The molecule has 0 bridgehead atoms. The molecule has 120 valence electrons. The van der Waals surface area contributed by atoms with E-state index in [1.165, 1.54) is 12.8 Å². The number of hydrogen-bond donors (Lipinski definition) is 2. The fourth-order valence-corrected chi connectivity index (χ4v) is 2.42. The molecule has 0 radical (unpaired) electrons. The minimum Gasteiger partial charge on any atom is -0.480 e. The van der Waals surface area contributed by atoms with Gasteiger partial charge < -0.3 is 15.2 Å². The van der Waals surface area contributed by atoms with Crippen LogP contribution in [0.2, 0.25) is 0 Å². The molecule has 0 rings (SSSR count). The number of ether oxygens (including phenoxy) is 1. The van der Waals surface area contributed by atoms with E-state index in [1.807, 2.05) is 13.8 Å². The molecular formula is C16H33NO3. The second-order valence-corrected chi connectivity index (χ2v) is 5.74. The van der Waals surface area contributed by atoms with E-state index in [0.717, 1.165) is 26.0 Å². The summed E-state index contributed by atoms with van der Waals surface area (Å²) in [4.78, 5) is 11.5. The lowest BCUT2D eigenvalue weighted by molar-refractivity contribution is -0.145. The highest BCUT2D eigenvalue weighted by Crippen LogP contribution is 2.18. The van der Waals surface area contributed by atoms with Crippen molar-refractivity contribution >= 4 is 5.97 Å². The van der Waals surface area contributed by atoms with Crippen LogP contribution < -0.4 is 5.32 Å². The van der Waals surface area contributed by atoms with Gasteiger partial charge in [-0.2, -0.15) is 0 Å². The lowest BCUT2D eigenvalue weighted by atomic mass is 9.90. The van der Waals surface area contributed by atoms with Crippen LogP contribution in [0.15, 0.2) is 0 Å². The molecule has 0 aromatic heterocycles. The summed E-state index contributed by atoms with van der Waals surface area (Å²) in [5, 5.41) is 12.7. The summed E-state index contributed by atoms with van der Waals surface area (Å²) in [5.41, 5.74) is -0.783. The van der Waals surface area contributed by atoms with Gasteiger partial charge in [0.25, 0.3) is 0 Å². The monoisotopic (exact) mass is 287 g/mol. The number of carboxylic acid groups (broad SMARTS) is 1. The first-order chi connectivity index (χ1) is 9.52. The summed E-state index contributed by atoms with van der Waals surface area (Å²) in [5.74, 6) is -0.151. The molecule has 0 aromatic rings. The zero-order chi connectivity index (χ0) is 15.4. The quantitative estimate of drug-likeness (QED) is 0.509. The zero-order valence-corrected chi connectivity index (χ0v) is 13.7. The lowest BCUT2D eigenvalue weighted by Crippen LogP contribution is -2.52. The van der Waals surface area contributed by atoms with Crippen LogP contribution in [0.4, 0.5) is 0 Å². The Morgan fingerprint density at radius 1 is 1.30 bits per heavy atom. The Kier molecular flexibility index (Phi) is 10.8. The predicted molar refractivity (Wildman–Crippen MR) is 83.1 cm³/mol. The van der Waals surface area contributed by atoms with Crippen molar-refractivity contribution < 1.29 is 14.6 Å². The van der Waals surface area contributed by atoms with Crippen molar-refractivity contribution in [2.24, 2.45) is 5.92 Å². The number of carboxylic acids is 1. The third-order valence-corrected chi connectivity index (χ3v) is 3.80. The van der Waals surface area contributed by atoms with Gasteiger partial charge in [-0.1, -0.05) is 34.1 Å². The molecule has 0 saturated carbocycles. The summed E-state index contributed by atoms with van der Waals surface area (Å²) in [7, 11) is 0. The third-order valence-electron chi connectivity index (χ3n) is 3.80. The normalized spacial score (nSPS) is 15.8. The van der Waals surface area contributed by atoms with E-state index in [-0.39, 0.29) is 0 Å². The van der Waals surface area contributed by atoms with E-state index in [0.29, 0.717) is 25.4 Å². The molecule has 0 spiro atoms. The molecule has 4 heteroatoms. The topological polar surface area (TPSA) is 58.6 Å². The highest BCUT2D eigenvalue weighted by Gasteiger charge is 2.35. The maximum absolute atomic E-state index is 11.5. The molecule has 0 aliphatic carbocycles. The van der Waals surface area contributed by atoms with Gasteiger partial charge in [0, 0.05) is 13.2 Å². The molecule has 0 aliphatic rings. The van der Waals surface area contributed by atoms with Gasteiger partial charge in [0.1, 0.15) is 5.54 Å². The third kappa shape index (κ3) is 7.25. The van der Waals surface area contributed by atoms with Gasteiger partial charge in [0.15, 0.2) is 0 Å². The van der Waals surface area contributed by atoms with Crippen molar-refractivity contribution in [3.8, 4) is 0 Å². The van der Waals surface area contributed by atoms with Crippen molar-refractivity contribution in [1.29, 1.82) is 0 Å². The van der Waals surface area contributed by atoms with E-state index in [1.54, 1.807) is 0 Å². The van der Waals surface area contributed by atoms with Crippen LogP contribution >= 0.6 is 0 Å². The average molecular weight is 287 g/mol. The SMILES string of the molecule is CCCNC(CC)(CCCOCC(C)CCC)C(=O)O. The molecule has 20 heavy (non-hydrogen) atoms. The zero-order valence-electron chi connectivity index (χ0n) is 13.7. The summed E-state index contributed by atoms with van der Waals surface area (Å²) < 4.78 is 5.65. The Morgan fingerprint density at radius 2 is 2.00 bits per heavy atom. The van der Waals surface area contributed by atoms with Crippen molar-refractivity contribution in [1.82, 2.24) is 5.32 Å². The maximum Gasteiger partial charge on any atom is 0.323 e. The minimum atomic E-state index is -0.783. The smallest absolute Gasteiger partial charge is 0.323 e. The Balaban J connectivity index is 4.05. The molecule has 0 aromatic carbocycles. The molecule has 0 fully saturated rings. The van der Waals surface area contributed by atoms with Crippen LogP contribution in [0.5, 0.6) is 0 Å². The van der Waals surface area contributed by atoms with Crippen molar-refractivity contribution in [3.63, 3.8) is 0 Å². The Bertz CT molecular complexity index is 258. The van der Waals surface area contributed by atoms with Gasteiger partial charge in [0.2, 0.25) is 0 Å². The second kappa shape index (κ2) is 11.1. The second-order valence-electron chi connectivity index (χ2n) is 5.74. The van der Waals surface area contributed by atoms with Gasteiger partial charge in [-0.15, -0.1) is 0 Å². The van der Waals surface area contributed by atoms with E-state index < -0.39 is 11.5 Å². The first-order valence-corrected chi connectivity index (χ1v) is 8.08. The highest BCUT2D eigenvalue weighted by atomic mass is 16.5. The molecule has 2 atom stereocenters. The molecular weight excluding hydrogens is 254 g/mol. The van der Waals surface area contributed by atoms with Crippen molar-refractivity contribution in [3.05, 3.63) is 0 Å². The fraction of sp³-hybridized carbons (Fsp3) is 0.938. The Hall–Kier alpha value is -0.610. The van der Waals surface area contributed by atoms with Gasteiger partial charge in [-0.25, -0.2) is 0 Å². The highest BCUT2D eigenvalue weighted by molar-refractivity contribution is 5.78. The lowest BCUT2D eigenvalue weighted by Gasteiger charge is -2.29. The number of aliphatic carboxylic acids is 1. The van der Waals surface area contributed by atoms with Crippen molar-refractivity contribution in [2.75, 3.05) is 19.8 Å². The predicted octanol–water partition coefficient (Wildman–Crippen LogP) is 3.45. The molecule has 2 N–H and O–H groups in total. The van der Waals surface area contributed by atoms with Crippen LogP contribution in [-0.4, -0.2) is 36.4 Å². The van der Waals surface area contributed by atoms with E-state index >= 15 is 0 Å². The molecule has 0 saturated heterocycles. The van der Waals surface area contributed by atoms with Gasteiger partial charge in [-0.3, -0.25) is 4.79 Å². The van der Waals surface area contributed by atoms with E-state index in [9.17, 15) is 9.90 Å². The van der Waals surface area contributed by atoms with Crippen LogP contribution in [0.1, 0.15) is 66.2 Å². The Morgan fingerprint density at radius 3 is 2.50 bits per heavy atom. The largest absolute Gasteiger partial charge is 0.480 e. The van der Waals surface area contributed by atoms with Gasteiger partial charge in [-0.05, 0) is 44.6 Å². The van der Waals surface area contributed by atoms with Crippen LogP contribution in [-0.2, 0) is 9.53 Å². The number of nitrogens with one attached hydrogen (secondary N) is 1. The van der Waals surface area contributed by atoms with Gasteiger partial charge >= 0.3 is 5.97 Å². The number of rotatable bonds is 13. The first-order valence-electron chi connectivity index (χ1n) is 8.08. The molecule has 0 amide bonds. The van der Waals surface area contributed by atoms with Crippen molar-refractivity contribution in [2.45, 2.75) is 71.8 Å². The summed E-state index contributed by atoms with van der Waals surface area (Å²) in [6.45, 7) is 10.5. The molecule has 0 heterocycles. The minimum absolute atomic E-state index is 0.591. The van der Waals surface area contributed by atoms with Crippen LogP contribution in [0, 0.1) is 5.92 Å². The summed E-state index contributed by atoms with van der Waals surface area (Å²) >= 11 is 0. The average Bonchev–Trinajstić information content (AvgIpc) is 2.42. The summed E-state index contributed by atoms with van der Waals surface area (Å²) in [6, 6.07) is 0. The molecule has 4 nitrogen and oxygen atoms in total. The van der Waals surface area contributed by atoms with E-state index in [4.69, 9.17) is 4.74 Å². The molecule has 0 aliphatic heterocycles. The fourth-order valence-electron chi connectivity index (χ4n) is 2.42. The molecule has 2 unspecified atom stereocenters. The maximum atomic E-state index is 11.5. The van der Waals surface area contributed by atoms with Gasteiger partial charge in [0.05, 0.1) is 0 Å². The van der Waals surface area contributed by atoms with E-state index in [2.05, 4.69) is 19.2 Å². The standard InChI is InChI=1S/C16H33NO3/c1-5-9-14(4)13-20-12-8-10-16(7-3,15(18)19)17-11-6-2/h14,17H,5-13H2,1-4H3,(H,18,19). The number of carbonyl (C=O) groups is 1.